The number of carbonyl (C=O) groups excluding carboxylic acids is 2. The van der Waals surface area contributed by atoms with E-state index in [-0.39, 0.29) is 10.9 Å². The molecular weight excluding hydrogens is 425 g/mol. The van der Waals surface area contributed by atoms with Gasteiger partial charge >= 0.3 is 0 Å². The van der Waals surface area contributed by atoms with Crippen LogP contribution >= 0.6 is 23.2 Å². The van der Waals surface area contributed by atoms with Gasteiger partial charge in [-0.15, -0.1) is 0 Å². The molecule has 0 bridgehead atoms. The summed E-state index contributed by atoms with van der Waals surface area (Å²) in [7, 11) is 0. The van der Waals surface area contributed by atoms with Crippen molar-refractivity contribution in [2.45, 2.75) is 19.9 Å². The minimum absolute atomic E-state index is 0.171. The number of para-hydroxylation sites is 1. The van der Waals surface area contributed by atoms with Crippen LogP contribution in [0.15, 0.2) is 60.2 Å². The summed E-state index contributed by atoms with van der Waals surface area (Å²) in [6, 6.07) is 11.0. The number of hydrogen-bond acceptors (Lipinski definition) is 4. The van der Waals surface area contributed by atoms with E-state index in [2.05, 4.69) is 22.4 Å². The van der Waals surface area contributed by atoms with Crippen LogP contribution in [0.1, 0.15) is 29.8 Å². The van der Waals surface area contributed by atoms with E-state index in [1.807, 2.05) is 26.0 Å². The fraction of sp³-hybridized carbons (Fsp3) is 0.227. The molecule has 1 unspecified atom stereocenters. The average molecular weight is 448 g/mol. The third-order valence-corrected chi connectivity index (χ3v) is 4.81. The lowest BCUT2D eigenvalue weighted by molar-refractivity contribution is -0.123. The maximum atomic E-state index is 12.6. The Morgan fingerprint density at radius 2 is 1.90 bits per heavy atom. The lowest BCUT2D eigenvalue weighted by Gasteiger charge is -2.20. The smallest absolute Gasteiger partial charge is 0.262 e. The zero-order valence-corrected chi connectivity index (χ0v) is 18.2. The highest BCUT2D eigenvalue weighted by molar-refractivity contribution is 6.42. The molecule has 2 amide bonds. The molecule has 0 saturated heterocycles. The molecule has 8 heteroatoms. The summed E-state index contributed by atoms with van der Waals surface area (Å²) in [5.41, 5.74) is 3.47. The number of ether oxygens (including phenoxy) is 1. The summed E-state index contributed by atoms with van der Waals surface area (Å²) in [6.45, 7) is 7.61. The first-order chi connectivity index (χ1) is 14.3. The number of halogens is 2. The fourth-order valence-corrected chi connectivity index (χ4v) is 2.80. The molecule has 0 aliphatic rings. The molecule has 0 aliphatic heterocycles. The van der Waals surface area contributed by atoms with Gasteiger partial charge in [0, 0.05) is 11.1 Å². The van der Waals surface area contributed by atoms with Gasteiger partial charge in [-0.25, -0.2) is 5.43 Å². The molecule has 1 atom stereocenters. The van der Waals surface area contributed by atoms with Crippen LogP contribution in [0, 0.1) is 5.92 Å². The number of nitrogens with zero attached hydrogens (tertiary/aromatic N) is 1. The van der Waals surface area contributed by atoms with E-state index in [1.54, 1.807) is 18.2 Å². The minimum atomic E-state index is -0.795. The number of hydrogen-bond donors (Lipinski definition) is 2. The second-order valence-electron chi connectivity index (χ2n) is 6.70. The molecule has 0 radical (unpaired) electrons. The summed E-state index contributed by atoms with van der Waals surface area (Å²) >= 11 is 11.8. The Kier molecular flexibility index (Phi) is 8.89. The number of rotatable bonds is 9. The molecule has 0 heterocycles. The Balaban J connectivity index is 2.05. The molecule has 0 spiro atoms. The van der Waals surface area contributed by atoms with Gasteiger partial charge in [-0.3, -0.25) is 9.59 Å². The summed E-state index contributed by atoms with van der Waals surface area (Å²) in [5.74, 6) is -0.437. The van der Waals surface area contributed by atoms with Gasteiger partial charge in [-0.05, 0) is 36.2 Å². The zero-order valence-electron chi connectivity index (χ0n) is 16.7. The molecule has 0 fully saturated rings. The minimum Gasteiger partial charge on any atom is -0.489 e. The third-order valence-electron chi connectivity index (χ3n) is 4.07. The Labute approximate surface area is 185 Å². The van der Waals surface area contributed by atoms with Gasteiger partial charge in [0.15, 0.2) is 0 Å². The molecule has 0 saturated carbocycles. The zero-order chi connectivity index (χ0) is 22.1. The molecule has 30 heavy (non-hydrogen) atoms. The van der Waals surface area contributed by atoms with Crippen molar-refractivity contribution >= 4 is 41.2 Å². The lowest BCUT2D eigenvalue weighted by atomic mass is 10.0. The maximum Gasteiger partial charge on any atom is 0.262 e. The van der Waals surface area contributed by atoms with Crippen molar-refractivity contribution in [3.63, 3.8) is 0 Å². The first kappa shape index (κ1) is 23.4. The van der Waals surface area contributed by atoms with Crippen molar-refractivity contribution < 1.29 is 14.3 Å². The van der Waals surface area contributed by atoms with Gasteiger partial charge in [0.05, 0.1) is 16.3 Å². The SMILES string of the molecule is C=CCOc1ccccc1/C=N/NC(=O)C(NC(=O)c1ccc(Cl)c(Cl)c1)C(C)C. The van der Waals surface area contributed by atoms with Crippen LogP contribution in [0.2, 0.25) is 10.0 Å². The standard InChI is InChI=1S/C22H23Cl2N3O3/c1-4-11-30-19-8-6-5-7-16(19)13-25-27-22(29)20(14(2)3)26-21(28)15-9-10-17(23)18(24)12-15/h4-10,12-14,20H,1,11H2,2-3H3,(H,26,28)(H,27,29)/b25-13+. The van der Waals surface area contributed by atoms with E-state index in [9.17, 15) is 9.59 Å². The van der Waals surface area contributed by atoms with E-state index in [4.69, 9.17) is 27.9 Å². The molecule has 0 aromatic heterocycles. The van der Waals surface area contributed by atoms with Crippen molar-refractivity contribution in [2.75, 3.05) is 6.61 Å². The molecule has 6 nitrogen and oxygen atoms in total. The fourth-order valence-electron chi connectivity index (χ4n) is 2.50. The van der Waals surface area contributed by atoms with Crippen molar-refractivity contribution in [3.8, 4) is 5.75 Å². The normalized spacial score (nSPS) is 11.9. The van der Waals surface area contributed by atoms with Crippen LogP contribution in [0.25, 0.3) is 0 Å². The Bertz CT molecular complexity index is 945. The topological polar surface area (TPSA) is 79.8 Å². The van der Waals surface area contributed by atoms with Gasteiger partial charge in [-0.2, -0.15) is 5.10 Å². The molecule has 2 rings (SSSR count). The van der Waals surface area contributed by atoms with Crippen LogP contribution in [0.5, 0.6) is 5.75 Å². The van der Waals surface area contributed by atoms with E-state index in [0.717, 1.165) is 0 Å². The highest BCUT2D eigenvalue weighted by Gasteiger charge is 2.24. The Morgan fingerprint density at radius 3 is 2.57 bits per heavy atom. The molecule has 2 N–H and O–H groups in total. The average Bonchev–Trinajstić information content (AvgIpc) is 2.72. The van der Waals surface area contributed by atoms with Crippen LogP contribution in [0.4, 0.5) is 0 Å². The molecular formula is C22H23Cl2N3O3. The quantitative estimate of drug-likeness (QED) is 0.338. The van der Waals surface area contributed by atoms with Gasteiger partial charge < -0.3 is 10.1 Å². The Hall–Kier alpha value is -2.83. The van der Waals surface area contributed by atoms with Gasteiger partial charge in [0.2, 0.25) is 0 Å². The second-order valence-corrected chi connectivity index (χ2v) is 7.51. The van der Waals surface area contributed by atoms with Crippen molar-refractivity contribution in [3.05, 3.63) is 76.3 Å². The second kappa shape index (κ2) is 11.4. The van der Waals surface area contributed by atoms with Crippen molar-refractivity contribution in [2.24, 2.45) is 11.0 Å². The van der Waals surface area contributed by atoms with E-state index in [1.165, 1.54) is 24.4 Å². The highest BCUT2D eigenvalue weighted by Crippen LogP contribution is 2.22. The third kappa shape index (κ3) is 6.61. The summed E-state index contributed by atoms with van der Waals surface area (Å²) < 4.78 is 5.55. The van der Waals surface area contributed by atoms with E-state index >= 15 is 0 Å². The van der Waals surface area contributed by atoms with E-state index < -0.39 is 17.9 Å². The van der Waals surface area contributed by atoms with Gasteiger partial charge in [0.25, 0.3) is 11.8 Å². The highest BCUT2D eigenvalue weighted by atomic mass is 35.5. The maximum absolute atomic E-state index is 12.6. The number of benzene rings is 2. The van der Waals surface area contributed by atoms with Crippen molar-refractivity contribution in [1.29, 1.82) is 0 Å². The lowest BCUT2D eigenvalue weighted by Crippen LogP contribution is -2.48. The van der Waals surface area contributed by atoms with Crippen LogP contribution in [-0.2, 0) is 4.79 Å². The number of nitrogens with one attached hydrogen (secondary N) is 2. The largest absolute Gasteiger partial charge is 0.489 e. The van der Waals surface area contributed by atoms with Crippen molar-refractivity contribution in [1.82, 2.24) is 10.7 Å². The first-order valence-electron chi connectivity index (χ1n) is 9.25. The van der Waals surface area contributed by atoms with Gasteiger partial charge in [0.1, 0.15) is 18.4 Å². The molecule has 2 aromatic carbocycles. The molecule has 158 valence electrons. The van der Waals surface area contributed by atoms with Crippen LogP contribution in [0.3, 0.4) is 0 Å². The van der Waals surface area contributed by atoms with Gasteiger partial charge in [-0.1, -0.05) is 61.8 Å². The number of carbonyl (C=O) groups is 2. The monoisotopic (exact) mass is 447 g/mol. The Morgan fingerprint density at radius 1 is 1.17 bits per heavy atom. The predicted molar refractivity (Wildman–Crippen MR) is 120 cm³/mol. The summed E-state index contributed by atoms with van der Waals surface area (Å²) in [5, 5.41) is 7.31. The summed E-state index contributed by atoms with van der Waals surface area (Å²) in [6.07, 6.45) is 3.12. The van der Waals surface area contributed by atoms with E-state index in [0.29, 0.717) is 28.5 Å². The van der Waals surface area contributed by atoms with Crippen LogP contribution in [-0.4, -0.2) is 30.7 Å². The predicted octanol–water partition coefficient (Wildman–Crippen LogP) is 4.46. The number of amides is 2. The van der Waals surface area contributed by atoms with Crippen LogP contribution < -0.4 is 15.5 Å². The summed E-state index contributed by atoms with van der Waals surface area (Å²) in [4.78, 5) is 25.1. The molecule has 2 aromatic rings. The number of hydrazone groups is 1. The first-order valence-corrected chi connectivity index (χ1v) is 10.0. The molecule has 0 aliphatic carbocycles.